The van der Waals surface area contributed by atoms with Crippen LogP contribution in [0.5, 0.6) is 0 Å². The normalized spacial score (nSPS) is 33.6. The molecule has 0 amide bonds. The molecule has 1 saturated carbocycles. The van der Waals surface area contributed by atoms with Gasteiger partial charge in [-0.2, -0.15) is 0 Å². The third-order valence-electron chi connectivity index (χ3n) is 6.75. The lowest BCUT2D eigenvalue weighted by atomic mass is 9.60. The van der Waals surface area contributed by atoms with Crippen molar-refractivity contribution in [3.05, 3.63) is 11.6 Å². The quantitative estimate of drug-likeness (QED) is 0.760. The number of rotatable bonds is 6. The Morgan fingerprint density at radius 3 is 2.65 bits per heavy atom. The molecule has 0 aliphatic heterocycles. The van der Waals surface area contributed by atoms with Gasteiger partial charge in [0, 0.05) is 6.42 Å². The average Bonchev–Trinajstić information content (AvgIpc) is 2.80. The fourth-order valence-electron chi connectivity index (χ4n) is 4.92. The van der Waals surface area contributed by atoms with Crippen LogP contribution in [0.2, 0.25) is 0 Å². The summed E-state index contributed by atoms with van der Waals surface area (Å²) in [4.78, 5) is 23.3. The van der Waals surface area contributed by atoms with Crippen molar-refractivity contribution < 1.29 is 14.7 Å². The maximum absolute atomic E-state index is 12.3. The highest BCUT2D eigenvalue weighted by Crippen LogP contribution is 2.57. The van der Waals surface area contributed by atoms with E-state index in [-0.39, 0.29) is 11.3 Å². The summed E-state index contributed by atoms with van der Waals surface area (Å²) in [7, 11) is 0. The van der Waals surface area contributed by atoms with Gasteiger partial charge in [0.1, 0.15) is 0 Å². The molecule has 0 bridgehead atoms. The van der Waals surface area contributed by atoms with E-state index in [2.05, 4.69) is 19.9 Å². The summed E-state index contributed by atoms with van der Waals surface area (Å²) in [6.07, 6.45) is 9.18. The standard InChI is InChI=1S/C20H32O3/c1-13(6-5-7-15(3)19(22)23)17-9-8-16(4)20(17)11-10-14(2)18(21)12-20/h10,13,15-17H,5-9,11-12H2,1-4H3,(H,22,23)/t13-,15+,16+,17-,20+/m1/s1. The number of carbonyl (C=O) groups is 2. The molecule has 0 unspecified atom stereocenters. The highest BCUT2D eigenvalue weighted by atomic mass is 16.4. The minimum Gasteiger partial charge on any atom is -0.481 e. The lowest BCUT2D eigenvalue weighted by Gasteiger charge is -2.43. The lowest BCUT2D eigenvalue weighted by Crippen LogP contribution is -2.38. The number of Topliss-reactive ketones (excluding diaryl/α,β-unsaturated/α-hetero) is 1. The van der Waals surface area contributed by atoms with Gasteiger partial charge in [0.15, 0.2) is 5.78 Å². The van der Waals surface area contributed by atoms with Gasteiger partial charge in [-0.3, -0.25) is 9.59 Å². The van der Waals surface area contributed by atoms with Gasteiger partial charge in [-0.15, -0.1) is 0 Å². The van der Waals surface area contributed by atoms with Crippen LogP contribution >= 0.6 is 0 Å². The number of carboxylic acids is 1. The molecule has 0 heterocycles. The third kappa shape index (κ3) is 3.70. The van der Waals surface area contributed by atoms with Crippen LogP contribution in [0.1, 0.15) is 72.6 Å². The lowest BCUT2D eigenvalue weighted by molar-refractivity contribution is -0.141. The molecule has 23 heavy (non-hydrogen) atoms. The Labute approximate surface area is 140 Å². The van der Waals surface area contributed by atoms with E-state index in [1.54, 1.807) is 6.92 Å². The smallest absolute Gasteiger partial charge is 0.306 e. The predicted octanol–water partition coefficient (Wildman–Crippen LogP) is 4.86. The summed E-state index contributed by atoms with van der Waals surface area (Å²) in [6, 6.07) is 0. The molecule has 3 nitrogen and oxygen atoms in total. The predicted molar refractivity (Wildman–Crippen MR) is 92.1 cm³/mol. The molecule has 1 fully saturated rings. The number of aliphatic carboxylic acids is 1. The van der Waals surface area contributed by atoms with E-state index in [1.165, 1.54) is 12.8 Å². The molecule has 2 rings (SSSR count). The topological polar surface area (TPSA) is 54.4 Å². The molecule has 0 saturated heterocycles. The molecule has 1 spiro atoms. The van der Waals surface area contributed by atoms with Crippen LogP contribution in [0.25, 0.3) is 0 Å². The van der Waals surface area contributed by atoms with Crippen molar-refractivity contribution in [1.29, 1.82) is 0 Å². The van der Waals surface area contributed by atoms with Crippen LogP contribution in [0.3, 0.4) is 0 Å². The summed E-state index contributed by atoms with van der Waals surface area (Å²) in [5.74, 6) is 1.18. The zero-order valence-electron chi connectivity index (χ0n) is 15.1. The summed E-state index contributed by atoms with van der Waals surface area (Å²) in [5, 5.41) is 9.00. The Kier molecular flexibility index (Phi) is 5.70. The fraction of sp³-hybridized carbons (Fsp3) is 0.800. The van der Waals surface area contributed by atoms with Crippen LogP contribution in [0, 0.1) is 29.1 Å². The molecular formula is C20H32O3. The summed E-state index contributed by atoms with van der Waals surface area (Å²) >= 11 is 0. The van der Waals surface area contributed by atoms with Crippen LogP contribution in [0.15, 0.2) is 11.6 Å². The molecule has 1 N–H and O–H groups in total. The molecule has 0 radical (unpaired) electrons. The molecule has 130 valence electrons. The van der Waals surface area contributed by atoms with Crippen LogP contribution in [-0.2, 0) is 9.59 Å². The summed E-state index contributed by atoms with van der Waals surface area (Å²) in [5.41, 5.74) is 1.10. The van der Waals surface area contributed by atoms with E-state index in [9.17, 15) is 9.59 Å². The molecule has 2 aliphatic carbocycles. The Bertz CT molecular complexity index is 493. The average molecular weight is 320 g/mol. The van der Waals surface area contributed by atoms with Crippen molar-refractivity contribution in [3.8, 4) is 0 Å². The first-order valence-electron chi connectivity index (χ1n) is 9.20. The largest absolute Gasteiger partial charge is 0.481 e. The van der Waals surface area contributed by atoms with Gasteiger partial charge in [-0.25, -0.2) is 0 Å². The minimum atomic E-state index is -0.692. The summed E-state index contributed by atoms with van der Waals surface area (Å²) in [6.45, 7) is 8.37. The fourth-order valence-corrected chi connectivity index (χ4v) is 4.92. The van der Waals surface area contributed by atoms with Crippen molar-refractivity contribution in [3.63, 3.8) is 0 Å². The molecule has 0 aromatic carbocycles. The van der Waals surface area contributed by atoms with Crippen LogP contribution in [-0.4, -0.2) is 16.9 Å². The molecule has 3 heteroatoms. The van der Waals surface area contributed by atoms with E-state index in [4.69, 9.17) is 5.11 Å². The summed E-state index contributed by atoms with van der Waals surface area (Å²) < 4.78 is 0. The highest BCUT2D eigenvalue weighted by molar-refractivity contribution is 5.96. The number of carboxylic acid groups (broad SMARTS) is 1. The van der Waals surface area contributed by atoms with Crippen molar-refractivity contribution in [1.82, 2.24) is 0 Å². The third-order valence-corrected chi connectivity index (χ3v) is 6.75. The van der Waals surface area contributed by atoms with Gasteiger partial charge in [-0.1, -0.05) is 39.7 Å². The van der Waals surface area contributed by atoms with E-state index in [0.29, 0.717) is 23.5 Å². The van der Waals surface area contributed by atoms with Crippen molar-refractivity contribution >= 4 is 11.8 Å². The Morgan fingerprint density at radius 2 is 2.04 bits per heavy atom. The van der Waals surface area contributed by atoms with Gasteiger partial charge in [-0.05, 0) is 61.3 Å². The number of allylic oxidation sites excluding steroid dienone is 2. The second kappa shape index (κ2) is 7.19. The molecule has 5 atom stereocenters. The number of carbonyl (C=O) groups excluding carboxylic acids is 1. The molecule has 0 aromatic heterocycles. The monoisotopic (exact) mass is 320 g/mol. The first-order valence-corrected chi connectivity index (χ1v) is 9.20. The van der Waals surface area contributed by atoms with Gasteiger partial charge >= 0.3 is 5.97 Å². The van der Waals surface area contributed by atoms with Gasteiger partial charge in [0.2, 0.25) is 0 Å². The van der Waals surface area contributed by atoms with Crippen molar-refractivity contribution in [2.24, 2.45) is 29.1 Å². The second-order valence-electron chi connectivity index (χ2n) is 8.16. The Hall–Kier alpha value is -1.12. The zero-order valence-corrected chi connectivity index (χ0v) is 15.1. The number of hydrogen-bond donors (Lipinski definition) is 1. The minimum absolute atomic E-state index is 0.161. The van der Waals surface area contributed by atoms with E-state index in [1.807, 2.05) is 6.92 Å². The van der Waals surface area contributed by atoms with Crippen LogP contribution < -0.4 is 0 Å². The Morgan fingerprint density at radius 1 is 1.35 bits per heavy atom. The van der Waals surface area contributed by atoms with Gasteiger partial charge in [0.25, 0.3) is 0 Å². The van der Waals surface area contributed by atoms with Crippen molar-refractivity contribution in [2.45, 2.75) is 72.6 Å². The number of ketones is 1. The molecular weight excluding hydrogens is 288 g/mol. The Balaban J connectivity index is 2.00. The van der Waals surface area contributed by atoms with Gasteiger partial charge < -0.3 is 5.11 Å². The van der Waals surface area contributed by atoms with Gasteiger partial charge in [0.05, 0.1) is 5.92 Å². The highest BCUT2D eigenvalue weighted by Gasteiger charge is 2.51. The first-order chi connectivity index (χ1) is 10.8. The maximum atomic E-state index is 12.3. The molecule has 2 aliphatic rings. The van der Waals surface area contributed by atoms with E-state index in [0.717, 1.165) is 37.7 Å². The number of hydrogen-bond acceptors (Lipinski definition) is 2. The van der Waals surface area contributed by atoms with E-state index < -0.39 is 5.97 Å². The maximum Gasteiger partial charge on any atom is 0.306 e. The SMILES string of the molecule is CC1=CC[C@@]2(CC1=O)[C@@H]([C@H](C)CCC[C@H](C)C(=O)O)CC[C@@H]2C. The van der Waals surface area contributed by atoms with Crippen molar-refractivity contribution in [2.75, 3.05) is 0 Å². The second-order valence-corrected chi connectivity index (χ2v) is 8.16. The molecule has 0 aromatic rings. The first kappa shape index (κ1) is 18.2. The zero-order chi connectivity index (χ0) is 17.2. The van der Waals surface area contributed by atoms with Crippen LogP contribution in [0.4, 0.5) is 0 Å². The van der Waals surface area contributed by atoms with E-state index >= 15 is 0 Å².